The molecule has 23 heavy (non-hydrogen) atoms. The van der Waals surface area contributed by atoms with Crippen molar-refractivity contribution >= 4 is 6.09 Å². The number of carbonyl (C=O) groups is 1. The zero-order valence-electron chi connectivity index (χ0n) is 13.4. The number of hydrogen-bond donors (Lipinski definition) is 1. The highest BCUT2D eigenvalue weighted by Gasteiger charge is 2.21. The number of hydrogen-bond acceptors (Lipinski definition) is 6. The first-order valence-corrected chi connectivity index (χ1v) is 7.06. The van der Waals surface area contributed by atoms with Crippen molar-refractivity contribution in [1.82, 2.24) is 25.1 Å². The molecule has 2 heterocycles. The third kappa shape index (κ3) is 4.26. The van der Waals surface area contributed by atoms with Crippen LogP contribution in [-0.2, 0) is 4.74 Å². The van der Waals surface area contributed by atoms with Gasteiger partial charge in [0, 0.05) is 6.20 Å². The van der Waals surface area contributed by atoms with Crippen LogP contribution in [0.25, 0.3) is 5.82 Å². The summed E-state index contributed by atoms with van der Waals surface area (Å²) in [4.78, 5) is 20.2. The number of pyridine rings is 1. The van der Waals surface area contributed by atoms with Crippen LogP contribution in [0.2, 0.25) is 0 Å². The van der Waals surface area contributed by atoms with E-state index in [0.717, 1.165) is 0 Å². The molecule has 0 fully saturated rings. The Labute approximate surface area is 134 Å². The molecular formula is C15H18N6O2. The van der Waals surface area contributed by atoms with E-state index in [9.17, 15) is 4.79 Å². The molecule has 0 spiro atoms. The summed E-state index contributed by atoms with van der Waals surface area (Å²) in [7, 11) is 0. The van der Waals surface area contributed by atoms with Crippen LogP contribution in [0.4, 0.5) is 4.79 Å². The second kappa shape index (κ2) is 6.44. The molecule has 0 bridgehead atoms. The summed E-state index contributed by atoms with van der Waals surface area (Å²) in [6.45, 7) is 7.15. The van der Waals surface area contributed by atoms with Crippen molar-refractivity contribution in [2.24, 2.45) is 0 Å². The fourth-order valence-corrected chi connectivity index (χ4v) is 1.85. The van der Waals surface area contributed by atoms with Crippen LogP contribution in [0.15, 0.2) is 24.7 Å². The molecule has 0 saturated carbocycles. The quantitative estimate of drug-likeness (QED) is 0.930. The predicted molar refractivity (Wildman–Crippen MR) is 81.7 cm³/mol. The Morgan fingerprint density at radius 3 is 2.70 bits per heavy atom. The molecule has 0 saturated heterocycles. The van der Waals surface area contributed by atoms with E-state index >= 15 is 0 Å². The van der Waals surface area contributed by atoms with E-state index < -0.39 is 17.7 Å². The largest absolute Gasteiger partial charge is 0.444 e. The van der Waals surface area contributed by atoms with Gasteiger partial charge in [-0.15, -0.1) is 0 Å². The van der Waals surface area contributed by atoms with E-state index in [1.54, 1.807) is 39.8 Å². The van der Waals surface area contributed by atoms with E-state index in [2.05, 4.69) is 20.4 Å². The summed E-state index contributed by atoms with van der Waals surface area (Å²) in [5.41, 5.74) is -0.123. The summed E-state index contributed by atoms with van der Waals surface area (Å²) >= 11 is 0. The smallest absolute Gasteiger partial charge is 0.408 e. The van der Waals surface area contributed by atoms with Gasteiger partial charge in [-0.1, -0.05) is 0 Å². The summed E-state index contributed by atoms with van der Waals surface area (Å²) < 4.78 is 6.73. The van der Waals surface area contributed by atoms with Crippen molar-refractivity contribution in [3.8, 4) is 11.9 Å². The molecule has 1 atom stereocenters. The van der Waals surface area contributed by atoms with Gasteiger partial charge in [0.25, 0.3) is 0 Å². The molecule has 120 valence electrons. The van der Waals surface area contributed by atoms with Crippen molar-refractivity contribution < 1.29 is 9.53 Å². The summed E-state index contributed by atoms with van der Waals surface area (Å²) in [6, 6.07) is 4.88. The third-order valence-corrected chi connectivity index (χ3v) is 2.79. The molecule has 8 nitrogen and oxygen atoms in total. The number of aromatic nitrogens is 4. The number of carbonyl (C=O) groups excluding carboxylic acids is 1. The maximum atomic E-state index is 11.9. The monoisotopic (exact) mass is 314 g/mol. The molecule has 1 amide bonds. The van der Waals surface area contributed by atoms with Crippen LogP contribution in [0.1, 0.15) is 45.1 Å². The number of nitrogens with one attached hydrogen (secondary N) is 1. The number of rotatable bonds is 3. The lowest BCUT2D eigenvalue weighted by atomic mass is 10.2. The maximum Gasteiger partial charge on any atom is 0.408 e. The Balaban J connectivity index is 2.16. The first kappa shape index (κ1) is 16.4. The van der Waals surface area contributed by atoms with E-state index in [-0.39, 0.29) is 0 Å². The predicted octanol–water partition coefficient (Wildman–Crippen LogP) is 2.12. The van der Waals surface area contributed by atoms with Crippen LogP contribution in [-0.4, -0.2) is 31.4 Å². The number of nitriles is 1. The molecule has 8 heteroatoms. The van der Waals surface area contributed by atoms with Crippen LogP contribution >= 0.6 is 0 Å². The number of amides is 1. The van der Waals surface area contributed by atoms with Gasteiger partial charge >= 0.3 is 6.09 Å². The zero-order valence-corrected chi connectivity index (χ0v) is 13.4. The standard InChI is InChI=1S/C15H18N6O2/c1-10(20-14(22)23-15(2,3)4)13-18-9-19-21(13)12-6-5-11(7-16)8-17-12/h5-6,8-10H,1-4H3,(H,20,22)/t10-/m0/s1. The Bertz CT molecular complexity index is 724. The molecule has 0 aromatic carbocycles. The third-order valence-electron chi connectivity index (χ3n) is 2.79. The lowest BCUT2D eigenvalue weighted by Crippen LogP contribution is -2.35. The van der Waals surface area contributed by atoms with Crippen LogP contribution in [0.5, 0.6) is 0 Å². The summed E-state index contributed by atoms with van der Waals surface area (Å²) in [6.07, 6.45) is 2.29. The van der Waals surface area contributed by atoms with E-state index in [4.69, 9.17) is 10.00 Å². The zero-order chi connectivity index (χ0) is 17.0. The van der Waals surface area contributed by atoms with Gasteiger partial charge in [-0.25, -0.2) is 14.8 Å². The second-order valence-electron chi connectivity index (χ2n) is 5.91. The molecule has 0 unspecified atom stereocenters. The molecule has 2 aromatic rings. The van der Waals surface area contributed by atoms with Gasteiger partial charge < -0.3 is 10.1 Å². The van der Waals surface area contributed by atoms with E-state index in [1.165, 1.54) is 17.2 Å². The lowest BCUT2D eigenvalue weighted by Gasteiger charge is -2.21. The average molecular weight is 314 g/mol. The first-order chi connectivity index (χ1) is 10.8. The van der Waals surface area contributed by atoms with Crippen molar-refractivity contribution in [2.45, 2.75) is 39.3 Å². The molecule has 2 rings (SSSR count). The van der Waals surface area contributed by atoms with E-state index in [0.29, 0.717) is 17.2 Å². The fourth-order valence-electron chi connectivity index (χ4n) is 1.85. The Kier molecular flexibility index (Phi) is 4.60. The van der Waals surface area contributed by atoms with E-state index in [1.807, 2.05) is 6.07 Å². The topological polar surface area (TPSA) is 106 Å². The average Bonchev–Trinajstić information content (AvgIpc) is 2.94. The lowest BCUT2D eigenvalue weighted by molar-refractivity contribution is 0.0505. The highest BCUT2D eigenvalue weighted by atomic mass is 16.6. The second-order valence-corrected chi connectivity index (χ2v) is 5.91. The normalized spacial score (nSPS) is 12.3. The minimum absolute atomic E-state index is 0.426. The summed E-state index contributed by atoms with van der Waals surface area (Å²) in [5, 5.41) is 15.6. The van der Waals surface area contributed by atoms with Gasteiger partial charge in [-0.2, -0.15) is 15.0 Å². The Morgan fingerprint density at radius 1 is 1.39 bits per heavy atom. The SMILES string of the molecule is C[C@H](NC(=O)OC(C)(C)C)c1ncnn1-c1ccc(C#N)cn1. The molecule has 2 aromatic heterocycles. The van der Waals surface area contributed by atoms with Crippen LogP contribution in [0, 0.1) is 11.3 Å². The molecule has 1 N–H and O–H groups in total. The number of alkyl carbamates (subject to hydrolysis) is 1. The number of nitrogens with zero attached hydrogens (tertiary/aromatic N) is 5. The highest BCUT2D eigenvalue weighted by Crippen LogP contribution is 2.15. The number of ether oxygens (including phenoxy) is 1. The van der Waals surface area contributed by atoms with Gasteiger partial charge in [-0.3, -0.25) is 0 Å². The van der Waals surface area contributed by atoms with Crippen LogP contribution < -0.4 is 5.32 Å². The maximum absolute atomic E-state index is 11.9. The van der Waals surface area contributed by atoms with Crippen molar-refractivity contribution in [3.63, 3.8) is 0 Å². The minimum atomic E-state index is -0.577. The molecule has 0 aliphatic carbocycles. The highest BCUT2D eigenvalue weighted by molar-refractivity contribution is 5.68. The van der Waals surface area contributed by atoms with Gasteiger partial charge in [0.05, 0.1) is 11.6 Å². The molecule has 0 aliphatic heterocycles. The van der Waals surface area contributed by atoms with Gasteiger partial charge in [0.2, 0.25) is 0 Å². The van der Waals surface area contributed by atoms with Gasteiger partial charge in [0.15, 0.2) is 11.6 Å². The molecule has 0 aliphatic rings. The molecule has 0 radical (unpaired) electrons. The van der Waals surface area contributed by atoms with Crippen molar-refractivity contribution in [3.05, 3.63) is 36.0 Å². The van der Waals surface area contributed by atoms with Gasteiger partial charge in [0.1, 0.15) is 18.0 Å². The summed E-state index contributed by atoms with van der Waals surface area (Å²) in [5.74, 6) is 1.02. The fraction of sp³-hybridized carbons (Fsp3) is 0.400. The van der Waals surface area contributed by atoms with Crippen molar-refractivity contribution in [2.75, 3.05) is 0 Å². The first-order valence-electron chi connectivity index (χ1n) is 7.06. The Morgan fingerprint density at radius 2 is 2.13 bits per heavy atom. The minimum Gasteiger partial charge on any atom is -0.444 e. The van der Waals surface area contributed by atoms with Crippen LogP contribution in [0.3, 0.4) is 0 Å². The van der Waals surface area contributed by atoms with Crippen molar-refractivity contribution in [1.29, 1.82) is 5.26 Å². The van der Waals surface area contributed by atoms with Gasteiger partial charge in [-0.05, 0) is 39.8 Å². The molecular weight excluding hydrogens is 296 g/mol. The Hall–Kier alpha value is -2.95.